The van der Waals surface area contributed by atoms with Crippen LogP contribution in [0.5, 0.6) is 0 Å². The van der Waals surface area contributed by atoms with Gasteiger partial charge >= 0.3 is 0 Å². The van der Waals surface area contributed by atoms with E-state index < -0.39 is 0 Å². The minimum atomic E-state index is -0.0895. The first-order chi connectivity index (χ1) is 15.2. The van der Waals surface area contributed by atoms with Crippen molar-refractivity contribution in [2.45, 2.75) is 38.5 Å². The lowest BCUT2D eigenvalue weighted by atomic mass is 9.70. The van der Waals surface area contributed by atoms with Crippen molar-refractivity contribution in [3.8, 4) is 11.1 Å². The molecule has 6 rings (SSSR count). The Balaban J connectivity index is 1.53. The second-order valence-corrected chi connectivity index (χ2v) is 8.87. The highest BCUT2D eigenvalue weighted by molar-refractivity contribution is 5.84. The fraction of sp³-hybridized carbons (Fsp3) is 0.200. The molecule has 1 aliphatic heterocycles. The van der Waals surface area contributed by atoms with E-state index in [0.29, 0.717) is 0 Å². The molecule has 0 radical (unpaired) electrons. The number of benzene rings is 4. The Labute approximate surface area is 184 Å². The van der Waals surface area contributed by atoms with Crippen molar-refractivity contribution in [2.24, 2.45) is 0 Å². The van der Waals surface area contributed by atoms with Crippen LogP contribution in [0.2, 0.25) is 0 Å². The fourth-order valence-corrected chi connectivity index (χ4v) is 5.83. The van der Waals surface area contributed by atoms with Crippen LogP contribution in [0.15, 0.2) is 84.9 Å². The van der Waals surface area contributed by atoms with Crippen LogP contribution >= 0.6 is 0 Å². The van der Waals surface area contributed by atoms with E-state index in [1.165, 1.54) is 55.9 Å². The summed E-state index contributed by atoms with van der Waals surface area (Å²) in [5, 5.41) is 3.68. The van der Waals surface area contributed by atoms with Crippen LogP contribution in [0, 0.1) is 0 Å². The number of aryl methyl sites for hydroxylation is 1. The molecule has 0 fully saturated rings. The maximum Gasteiger partial charge on any atom is 0.0461 e. The zero-order valence-corrected chi connectivity index (χ0v) is 18.2. The minimum Gasteiger partial charge on any atom is -0.355 e. The highest BCUT2D eigenvalue weighted by Crippen LogP contribution is 2.54. The molecule has 2 aliphatic rings. The molecule has 0 amide bonds. The molecule has 1 nitrogen and oxygen atoms in total. The van der Waals surface area contributed by atoms with E-state index in [1.54, 1.807) is 0 Å². The van der Waals surface area contributed by atoms with Crippen LogP contribution in [0.4, 0.5) is 11.4 Å². The van der Waals surface area contributed by atoms with Gasteiger partial charge in [0, 0.05) is 23.2 Å². The number of nitrogens with one attached hydrogen (secondary N) is 1. The first kappa shape index (κ1) is 18.4. The van der Waals surface area contributed by atoms with Crippen LogP contribution in [0.3, 0.4) is 0 Å². The van der Waals surface area contributed by atoms with E-state index in [2.05, 4.69) is 104 Å². The normalized spacial score (nSPS) is 14.8. The fourth-order valence-electron chi connectivity index (χ4n) is 5.83. The van der Waals surface area contributed by atoms with Crippen molar-refractivity contribution < 1.29 is 0 Å². The largest absolute Gasteiger partial charge is 0.355 e. The van der Waals surface area contributed by atoms with Crippen molar-refractivity contribution in [2.75, 3.05) is 5.32 Å². The molecular formula is C30H27N. The van der Waals surface area contributed by atoms with Crippen LogP contribution in [-0.2, 0) is 18.3 Å². The first-order valence-corrected chi connectivity index (χ1v) is 11.5. The summed E-state index contributed by atoms with van der Waals surface area (Å²) < 4.78 is 0. The molecular weight excluding hydrogens is 374 g/mol. The molecule has 1 N–H and O–H groups in total. The third-order valence-corrected chi connectivity index (χ3v) is 7.42. The highest BCUT2D eigenvalue weighted by Gasteiger charge is 2.43. The van der Waals surface area contributed by atoms with Crippen LogP contribution in [-0.4, -0.2) is 0 Å². The molecule has 4 aromatic rings. The predicted octanol–water partition coefficient (Wildman–Crippen LogP) is 7.62. The summed E-state index contributed by atoms with van der Waals surface area (Å²) >= 11 is 0. The highest BCUT2D eigenvalue weighted by atomic mass is 14.9. The second-order valence-electron chi connectivity index (χ2n) is 8.87. The Morgan fingerprint density at radius 3 is 1.97 bits per heavy atom. The summed E-state index contributed by atoms with van der Waals surface area (Å²) in [6.45, 7) is 4.56. The maximum atomic E-state index is 3.68. The zero-order valence-electron chi connectivity index (χ0n) is 18.2. The van der Waals surface area contributed by atoms with Gasteiger partial charge in [0.2, 0.25) is 0 Å². The van der Waals surface area contributed by atoms with Crippen molar-refractivity contribution >= 4 is 11.4 Å². The molecule has 0 aromatic heterocycles. The average Bonchev–Trinajstić information content (AvgIpc) is 3.13. The molecule has 0 unspecified atom stereocenters. The summed E-state index contributed by atoms with van der Waals surface area (Å²) in [6.07, 6.45) is 3.11. The SMILES string of the molecule is CCc1ccc2c(c1)Cc1cc(C3(CC)c4ccccc4-c4ccccc43)ccc1N2. The van der Waals surface area contributed by atoms with Crippen LogP contribution in [0.25, 0.3) is 11.1 Å². The monoisotopic (exact) mass is 401 g/mol. The Kier molecular flexibility index (Phi) is 4.08. The number of hydrogen-bond donors (Lipinski definition) is 1. The lowest BCUT2D eigenvalue weighted by Crippen LogP contribution is -2.26. The van der Waals surface area contributed by atoms with Crippen molar-refractivity contribution in [3.63, 3.8) is 0 Å². The molecule has 152 valence electrons. The number of hydrogen-bond acceptors (Lipinski definition) is 1. The molecule has 0 saturated heterocycles. The van der Waals surface area contributed by atoms with E-state index in [1.807, 2.05) is 0 Å². The second kappa shape index (κ2) is 6.85. The molecule has 0 spiro atoms. The summed E-state index contributed by atoms with van der Waals surface area (Å²) in [6, 6.07) is 31.9. The summed E-state index contributed by atoms with van der Waals surface area (Å²) in [5.74, 6) is 0. The van der Waals surface area contributed by atoms with Gasteiger partial charge in [0.25, 0.3) is 0 Å². The molecule has 1 heterocycles. The number of anilines is 2. The third-order valence-electron chi connectivity index (χ3n) is 7.42. The van der Waals surface area contributed by atoms with E-state index in [-0.39, 0.29) is 5.41 Å². The number of rotatable bonds is 3. The lowest BCUT2D eigenvalue weighted by Gasteiger charge is -2.33. The molecule has 1 aliphatic carbocycles. The van der Waals surface area contributed by atoms with Gasteiger partial charge in [0.15, 0.2) is 0 Å². The Hall–Kier alpha value is -3.32. The van der Waals surface area contributed by atoms with Crippen molar-refractivity contribution in [1.29, 1.82) is 0 Å². The molecule has 4 aromatic carbocycles. The average molecular weight is 402 g/mol. The Morgan fingerprint density at radius 1 is 0.710 bits per heavy atom. The topological polar surface area (TPSA) is 12.0 Å². The molecule has 31 heavy (non-hydrogen) atoms. The van der Waals surface area contributed by atoms with E-state index in [0.717, 1.165) is 19.3 Å². The summed E-state index contributed by atoms with van der Waals surface area (Å²) in [5.41, 5.74) is 13.7. The standard InChI is InChI=1S/C30H27N/c1-3-20-13-15-28-21(17-20)18-22-19-23(14-16-29(22)31-28)30(4-2)26-11-7-5-9-24(26)25-10-6-8-12-27(25)30/h5-17,19,31H,3-4,18H2,1-2H3. The molecule has 0 bridgehead atoms. The van der Waals surface area contributed by atoms with E-state index >= 15 is 0 Å². The van der Waals surface area contributed by atoms with Gasteiger partial charge in [0.1, 0.15) is 0 Å². The van der Waals surface area contributed by atoms with Gasteiger partial charge in [0.05, 0.1) is 0 Å². The predicted molar refractivity (Wildman–Crippen MR) is 130 cm³/mol. The molecule has 0 atom stereocenters. The quantitative estimate of drug-likeness (QED) is 0.328. The smallest absolute Gasteiger partial charge is 0.0461 e. The first-order valence-electron chi connectivity index (χ1n) is 11.5. The summed E-state index contributed by atoms with van der Waals surface area (Å²) in [4.78, 5) is 0. The third kappa shape index (κ3) is 2.56. The van der Waals surface area contributed by atoms with Gasteiger partial charge in [-0.15, -0.1) is 0 Å². The van der Waals surface area contributed by atoms with Crippen LogP contribution < -0.4 is 5.32 Å². The zero-order chi connectivity index (χ0) is 21.0. The Morgan fingerprint density at radius 2 is 1.32 bits per heavy atom. The molecule has 1 heteroatoms. The lowest BCUT2D eigenvalue weighted by molar-refractivity contribution is 0.608. The van der Waals surface area contributed by atoms with Gasteiger partial charge < -0.3 is 5.32 Å². The minimum absolute atomic E-state index is 0.0895. The Bertz CT molecular complexity index is 1270. The van der Waals surface area contributed by atoms with Gasteiger partial charge in [-0.2, -0.15) is 0 Å². The summed E-state index contributed by atoms with van der Waals surface area (Å²) in [7, 11) is 0. The van der Waals surface area contributed by atoms with Crippen molar-refractivity contribution in [3.05, 3.63) is 118 Å². The number of fused-ring (bicyclic) bond motifs is 5. The van der Waals surface area contributed by atoms with Gasteiger partial charge in [-0.1, -0.05) is 86.6 Å². The van der Waals surface area contributed by atoms with Gasteiger partial charge in [-0.05, 0) is 69.5 Å². The van der Waals surface area contributed by atoms with Crippen molar-refractivity contribution in [1.82, 2.24) is 0 Å². The maximum absolute atomic E-state index is 3.68. The van der Waals surface area contributed by atoms with E-state index in [4.69, 9.17) is 0 Å². The van der Waals surface area contributed by atoms with Gasteiger partial charge in [-0.25, -0.2) is 0 Å². The van der Waals surface area contributed by atoms with Gasteiger partial charge in [-0.3, -0.25) is 0 Å². The van der Waals surface area contributed by atoms with E-state index in [9.17, 15) is 0 Å². The molecule has 0 saturated carbocycles. The van der Waals surface area contributed by atoms with Crippen LogP contribution in [0.1, 0.15) is 53.6 Å².